The molecule has 2 N–H and O–H groups in total. The van der Waals surface area contributed by atoms with E-state index < -0.39 is 10.4 Å². The van der Waals surface area contributed by atoms with Gasteiger partial charge in [-0.05, 0) is 6.42 Å². The van der Waals surface area contributed by atoms with E-state index >= 15 is 0 Å². The molecule has 0 saturated heterocycles. The lowest BCUT2D eigenvalue weighted by Crippen LogP contribution is -2.24. The zero-order chi connectivity index (χ0) is 18.8. The lowest BCUT2D eigenvalue weighted by Gasteiger charge is -2.17. The molecule has 0 aliphatic heterocycles. The van der Waals surface area contributed by atoms with Gasteiger partial charge in [0.25, 0.3) is 0 Å². The predicted molar refractivity (Wildman–Crippen MR) is 96.8 cm³/mol. The Morgan fingerprint density at radius 3 is 2.28 bits per heavy atom. The predicted octanol–water partition coefficient (Wildman–Crippen LogP) is 2.70. The SMILES string of the molecule is C#CCOCC(CCCCCCCCCC)OCCOS(=O)(=O)ON. The molecule has 0 heterocycles. The monoisotopic (exact) mass is 379 g/mol. The second-order valence-corrected chi connectivity index (χ2v) is 7.05. The van der Waals surface area contributed by atoms with Crippen LogP contribution in [0.25, 0.3) is 0 Å². The summed E-state index contributed by atoms with van der Waals surface area (Å²) < 4.78 is 40.9. The summed E-state index contributed by atoms with van der Waals surface area (Å²) in [5, 5.41) is 0. The van der Waals surface area contributed by atoms with Crippen LogP contribution in [0.1, 0.15) is 64.7 Å². The average molecular weight is 380 g/mol. The molecule has 7 nitrogen and oxygen atoms in total. The Hall–Kier alpha value is -0.690. The van der Waals surface area contributed by atoms with Crippen LogP contribution in [-0.2, 0) is 28.3 Å². The van der Waals surface area contributed by atoms with E-state index in [-0.39, 0.29) is 25.9 Å². The summed E-state index contributed by atoms with van der Waals surface area (Å²) in [6.45, 7) is 2.75. The Labute approximate surface area is 152 Å². The van der Waals surface area contributed by atoms with Crippen molar-refractivity contribution in [1.82, 2.24) is 0 Å². The van der Waals surface area contributed by atoms with Crippen LogP contribution in [0.2, 0.25) is 0 Å². The molecule has 0 aromatic rings. The van der Waals surface area contributed by atoms with Crippen LogP contribution in [-0.4, -0.2) is 40.9 Å². The highest BCUT2D eigenvalue weighted by Gasteiger charge is 2.12. The van der Waals surface area contributed by atoms with Crippen molar-refractivity contribution in [3.63, 3.8) is 0 Å². The molecule has 0 spiro atoms. The maximum Gasteiger partial charge on any atom is 0.415 e. The van der Waals surface area contributed by atoms with Gasteiger partial charge in [-0.15, -0.1) is 6.42 Å². The summed E-state index contributed by atoms with van der Waals surface area (Å²) in [5.74, 6) is 6.98. The maximum atomic E-state index is 10.9. The molecule has 0 aromatic heterocycles. The summed E-state index contributed by atoms with van der Waals surface area (Å²) in [6.07, 6.45) is 15.7. The number of hydrogen-bond acceptors (Lipinski definition) is 7. The molecule has 0 amide bonds. The quantitative estimate of drug-likeness (QED) is 0.222. The number of rotatable bonds is 18. The van der Waals surface area contributed by atoms with Crippen LogP contribution >= 0.6 is 0 Å². The molecule has 0 saturated carbocycles. The summed E-state index contributed by atoms with van der Waals surface area (Å²) in [7, 11) is -4.13. The highest BCUT2D eigenvalue weighted by molar-refractivity contribution is 7.81. The van der Waals surface area contributed by atoms with Gasteiger partial charge >= 0.3 is 10.4 Å². The van der Waals surface area contributed by atoms with Crippen LogP contribution in [0.5, 0.6) is 0 Å². The second kappa shape index (κ2) is 16.8. The van der Waals surface area contributed by atoms with Crippen LogP contribution < -0.4 is 5.90 Å². The number of hydrogen-bond donors (Lipinski definition) is 1. The van der Waals surface area contributed by atoms with E-state index in [1.54, 1.807) is 0 Å². The molecule has 0 radical (unpaired) electrons. The van der Waals surface area contributed by atoms with Crippen molar-refractivity contribution in [1.29, 1.82) is 0 Å². The molecule has 1 atom stereocenters. The number of nitrogens with two attached hydrogens (primary N) is 1. The van der Waals surface area contributed by atoms with Gasteiger partial charge in [0.1, 0.15) is 6.61 Å². The summed E-state index contributed by atoms with van der Waals surface area (Å²) in [4.78, 5) is 0. The molecular formula is C17H33NO6S. The Morgan fingerprint density at radius 1 is 1.04 bits per heavy atom. The standard InChI is InChI=1S/C17H33NO6S/c1-3-5-6-7-8-9-10-11-12-17(16-21-13-4-2)22-14-15-23-25(19,20)24-18/h2,17H,3,5-16,18H2,1H3. The molecule has 0 rings (SSSR count). The molecule has 0 bridgehead atoms. The highest BCUT2D eigenvalue weighted by atomic mass is 32.3. The molecule has 148 valence electrons. The number of unbranched alkanes of at least 4 members (excludes halogenated alkanes) is 7. The second-order valence-electron chi connectivity index (χ2n) is 5.80. The van der Waals surface area contributed by atoms with Crippen molar-refractivity contribution >= 4 is 10.4 Å². The minimum absolute atomic E-state index is 0.101. The van der Waals surface area contributed by atoms with Crippen LogP contribution in [0.15, 0.2) is 0 Å². The fourth-order valence-electron chi connectivity index (χ4n) is 2.35. The van der Waals surface area contributed by atoms with E-state index in [9.17, 15) is 8.42 Å². The first-order valence-corrected chi connectivity index (χ1v) is 10.3. The summed E-state index contributed by atoms with van der Waals surface area (Å²) in [6, 6.07) is 0. The van der Waals surface area contributed by atoms with E-state index in [1.165, 1.54) is 38.5 Å². The molecule has 0 aliphatic rings. The summed E-state index contributed by atoms with van der Waals surface area (Å²) >= 11 is 0. The molecule has 0 aromatic carbocycles. The maximum absolute atomic E-state index is 10.9. The van der Waals surface area contributed by atoms with E-state index in [4.69, 9.17) is 15.9 Å². The van der Waals surface area contributed by atoms with Gasteiger partial charge in [0, 0.05) is 0 Å². The zero-order valence-electron chi connectivity index (χ0n) is 15.3. The fraction of sp³-hybridized carbons (Fsp3) is 0.882. The third-order valence-corrected chi connectivity index (χ3v) is 4.34. The molecular weight excluding hydrogens is 346 g/mol. The Morgan fingerprint density at radius 2 is 1.68 bits per heavy atom. The van der Waals surface area contributed by atoms with E-state index in [0.717, 1.165) is 19.3 Å². The first-order valence-electron chi connectivity index (χ1n) is 8.96. The van der Waals surface area contributed by atoms with Crippen LogP contribution in [0.4, 0.5) is 0 Å². The fourth-order valence-corrected chi connectivity index (χ4v) is 2.68. The van der Waals surface area contributed by atoms with Crippen LogP contribution in [0.3, 0.4) is 0 Å². The van der Waals surface area contributed by atoms with Gasteiger partial charge in [-0.3, -0.25) is 0 Å². The van der Waals surface area contributed by atoms with Gasteiger partial charge in [-0.1, -0.05) is 64.2 Å². The van der Waals surface area contributed by atoms with Gasteiger partial charge in [-0.25, -0.2) is 4.18 Å². The first-order chi connectivity index (χ1) is 12.1. The Bertz CT molecular complexity index is 435. The van der Waals surface area contributed by atoms with Crippen molar-refractivity contribution in [2.75, 3.05) is 26.4 Å². The number of terminal acetylenes is 1. The van der Waals surface area contributed by atoms with Crippen molar-refractivity contribution in [2.24, 2.45) is 5.90 Å². The first kappa shape index (κ1) is 24.3. The lowest BCUT2D eigenvalue weighted by atomic mass is 10.1. The van der Waals surface area contributed by atoms with E-state index in [0.29, 0.717) is 6.61 Å². The third-order valence-electron chi connectivity index (χ3n) is 3.65. The van der Waals surface area contributed by atoms with E-state index in [1.807, 2.05) is 0 Å². The van der Waals surface area contributed by atoms with Crippen molar-refractivity contribution in [3.05, 3.63) is 0 Å². The minimum atomic E-state index is -4.13. The average Bonchev–Trinajstić information content (AvgIpc) is 2.60. The van der Waals surface area contributed by atoms with Gasteiger partial charge in [0.2, 0.25) is 0 Å². The Balaban J connectivity index is 3.87. The number of ether oxygens (including phenoxy) is 2. The van der Waals surface area contributed by atoms with E-state index in [2.05, 4.69) is 27.2 Å². The highest BCUT2D eigenvalue weighted by Crippen LogP contribution is 2.12. The van der Waals surface area contributed by atoms with Gasteiger partial charge < -0.3 is 9.47 Å². The molecule has 0 fully saturated rings. The minimum Gasteiger partial charge on any atom is -0.373 e. The lowest BCUT2D eigenvalue weighted by molar-refractivity contribution is -0.0241. The Kier molecular flexibility index (Phi) is 16.3. The molecule has 1 unspecified atom stereocenters. The normalized spacial score (nSPS) is 12.8. The van der Waals surface area contributed by atoms with Gasteiger partial charge in [0.15, 0.2) is 0 Å². The largest absolute Gasteiger partial charge is 0.415 e. The summed E-state index contributed by atoms with van der Waals surface area (Å²) in [5.41, 5.74) is 0. The smallest absolute Gasteiger partial charge is 0.373 e. The molecule has 0 aliphatic carbocycles. The topological polar surface area (TPSA) is 97.1 Å². The van der Waals surface area contributed by atoms with Gasteiger partial charge in [0.05, 0.1) is 25.9 Å². The van der Waals surface area contributed by atoms with Crippen LogP contribution in [0, 0.1) is 12.3 Å². The van der Waals surface area contributed by atoms with Crippen molar-refractivity contribution in [3.8, 4) is 12.3 Å². The molecule has 8 heteroatoms. The zero-order valence-corrected chi connectivity index (χ0v) is 16.1. The van der Waals surface area contributed by atoms with Gasteiger partial charge in [-0.2, -0.15) is 18.6 Å². The molecule has 25 heavy (non-hydrogen) atoms. The van der Waals surface area contributed by atoms with Crippen molar-refractivity contribution < 1.29 is 26.4 Å². The van der Waals surface area contributed by atoms with Crippen molar-refractivity contribution in [2.45, 2.75) is 70.8 Å². The third kappa shape index (κ3) is 16.5.